The van der Waals surface area contributed by atoms with Crippen LogP contribution in [0, 0.1) is 0 Å². The third-order valence-corrected chi connectivity index (χ3v) is 4.73. The molecule has 0 spiro atoms. The number of fused-ring (bicyclic) bond motifs is 1. The van der Waals surface area contributed by atoms with E-state index in [1.165, 1.54) is 6.07 Å². The Morgan fingerprint density at radius 1 is 0.862 bits per heavy atom. The van der Waals surface area contributed by atoms with Gasteiger partial charge < -0.3 is 19.2 Å². The second-order valence-electron chi connectivity index (χ2n) is 6.59. The van der Waals surface area contributed by atoms with Crippen molar-refractivity contribution in [1.82, 2.24) is 0 Å². The molecule has 0 bridgehead atoms. The predicted octanol–water partition coefficient (Wildman–Crippen LogP) is 5.09. The minimum atomic E-state index is -0.0696. The summed E-state index contributed by atoms with van der Waals surface area (Å²) in [5.41, 5.74) is 3.25. The largest absolute Gasteiger partial charge is 0.493 e. The van der Waals surface area contributed by atoms with Crippen LogP contribution in [-0.2, 0) is 6.54 Å². The molecule has 0 radical (unpaired) electrons. The van der Waals surface area contributed by atoms with Crippen LogP contribution in [0.4, 0.5) is 5.69 Å². The highest BCUT2D eigenvalue weighted by atomic mass is 16.5. The monoisotopic (exact) mass is 387 g/mol. The van der Waals surface area contributed by atoms with E-state index in [9.17, 15) is 4.79 Å². The number of hydrogen-bond acceptors (Lipinski definition) is 5. The highest BCUT2D eigenvalue weighted by Gasteiger charge is 2.08. The van der Waals surface area contributed by atoms with Crippen LogP contribution in [0.25, 0.3) is 22.3 Å². The first kappa shape index (κ1) is 18.6. The maximum absolute atomic E-state index is 12.6. The quantitative estimate of drug-likeness (QED) is 0.499. The lowest BCUT2D eigenvalue weighted by Crippen LogP contribution is -2.03. The first-order valence-electron chi connectivity index (χ1n) is 9.26. The second-order valence-corrected chi connectivity index (χ2v) is 6.59. The van der Waals surface area contributed by atoms with Gasteiger partial charge in [-0.3, -0.25) is 4.79 Å². The Kier molecular flexibility index (Phi) is 5.20. The third kappa shape index (κ3) is 3.94. The standard InChI is InChI=1S/C24H21NO4/c1-27-22-10-8-16(12-24(22)28-2)15-25-18-9-11-21-19(13-18)20(26)14-23(29-21)17-6-4-3-5-7-17/h3-14,25H,15H2,1-2H3. The molecule has 1 aromatic heterocycles. The summed E-state index contributed by atoms with van der Waals surface area (Å²) in [4.78, 5) is 12.6. The number of rotatable bonds is 6. The van der Waals surface area contributed by atoms with Crippen molar-refractivity contribution in [3.8, 4) is 22.8 Å². The van der Waals surface area contributed by atoms with Gasteiger partial charge in [-0.1, -0.05) is 36.4 Å². The molecule has 5 nitrogen and oxygen atoms in total. The van der Waals surface area contributed by atoms with E-state index in [4.69, 9.17) is 13.9 Å². The molecular formula is C24H21NO4. The van der Waals surface area contributed by atoms with Gasteiger partial charge in [0, 0.05) is 23.9 Å². The van der Waals surface area contributed by atoms with E-state index in [0.717, 1.165) is 16.8 Å². The minimum absolute atomic E-state index is 0.0696. The van der Waals surface area contributed by atoms with Crippen molar-refractivity contribution < 1.29 is 13.9 Å². The average Bonchev–Trinajstić information content (AvgIpc) is 2.78. The normalized spacial score (nSPS) is 10.7. The number of anilines is 1. The molecule has 0 aliphatic rings. The van der Waals surface area contributed by atoms with Crippen molar-refractivity contribution in [1.29, 1.82) is 0 Å². The van der Waals surface area contributed by atoms with Gasteiger partial charge in [0.05, 0.1) is 19.6 Å². The van der Waals surface area contributed by atoms with Gasteiger partial charge in [-0.2, -0.15) is 0 Å². The summed E-state index contributed by atoms with van der Waals surface area (Å²) >= 11 is 0. The molecule has 0 aliphatic heterocycles. The van der Waals surface area contributed by atoms with Crippen molar-refractivity contribution in [2.45, 2.75) is 6.54 Å². The van der Waals surface area contributed by atoms with Crippen molar-refractivity contribution in [3.63, 3.8) is 0 Å². The first-order chi connectivity index (χ1) is 14.2. The van der Waals surface area contributed by atoms with E-state index >= 15 is 0 Å². The van der Waals surface area contributed by atoms with Gasteiger partial charge in [0.2, 0.25) is 0 Å². The highest BCUT2D eigenvalue weighted by molar-refractivity contribution is 5.82. The van der Waals surface area contributed by atoms with E-state index in [1.807, 2.05) is 66.7 Å². The van der Waals surface area contributed by atoms with Crippen LogP contribution in [-0.4, -0.2) is 14.2 Å². The molecule has 1 heterocycles. The van der Waals surface area contributed by atoms with E-state index in [1.54, 1.807) is 14.2 Å². The third-order valence-electron chi connectivity index (χ3n) is 4.73. The number of benzene rings is 3. The van der Waals surface area contributed by atoms with Crippen LogP contribution < -0.4 is 20.2 Å². The number of ether oxygens (including phenoxy) is 2. The molecule has 0 saturated carbocycles. The van der Waals surface area contributed by atoms with Crippen LogP contribution >= 0.6 is 0 Å². The Bertz CT molecular complexity index is 1200. The van der Waals surface area contributed by atoms with Gasteiger partial charge in [0.25, 0.3) is 0 Å². The minimum Gasteiger partial charge on any atom is -0.493 e. The zero-order chi connectivity index (χ0) is 20.2. The fraction of sp³-hybridized carbons (Fsp3) is 0.125. The predicted molar refractivity (Wildman–Crippen MR) is 115 cm³/mol. The van der Waals surface area contributed by atoms with Crippen LogP contribution in [0.3, 0.4) is 0 Å². The number of nitrogens with one attached hydrogen (secondary N) is 1. The maximum atomic E-state index is 12.6. The molecule has 1 N–H and O–H groups in total. The summed E-state index contributed by atoms with van der Waals surface area (Å²) < 4.78 is 16.6. The first-order valence-corrected chi connectivity index (χ1v) is 9.26. The second kappa shape index (κ2) is 8.10. The van der Waals surface area contributed by atoms with Gasteiger partial charge in [0.15, 0.2) is 16.9 Å². The van der Waals surface area contributed by atoms with Crippen molar-refractivity contribution in [2.24, 2.45) is 0 Å². The summed E-state index contributed by atoms with van der Waals surface area (Å²) in [5, 5.41) is 3.88. The average molecular weight is 387 g/mol. The molecule has 146 valence electrons. The molecule has 3 aromatic carbocycles. The fourth-order valence-electron chi connectivity index (χ4n) is 3.21. The zero-order valence-electron chi connectivity index (χ0n) is 16.3. The lowest BCUT2D eigenvalue weighted by Gasteiger charge is -2.11. The van der Waals surface area contributed by atoms with E-state index in [-0.39, 0.29) is 5.43 Å². The van der Waals surface area contributed by atoms with Gasteiger partial charge >= 0.3 is 0 Å². The van der Waals surface area contributed by atoms with Crippen LogP contribution in [0.1, 0.15) is 5.56 Å². The molecule has 5 heteroatoms. The fourth-order valence-corrected chi connectivity index (χ4v) is 3.21. The van der Waals surface area contributed by atoms with Crippen LogP contribution in [0.15, 0.2) is 82.0 Å². The van der Waals surface area contributed by atoms with E-state index in [2.05, 4.69) is 5.32 Å². The van der Waals surface area contributed by atoms with Crippen LogP contribution in [0.5, 0.6) is 11.5 Å². The Hall–Kier alpha value is -3.73. The molecule has 0 fully saturated rings. The summed E-state index contributed by atoms with van der Waals surface area (Å²) in [6.07, 6.45) is 0. The van der Waals surface area contributed by atoms with Crippen molar-refractivity contribution in [3.05, 3.63) is 88.6 Å². The number of methoxy groups -OCH3 is 2. The number of hydrogen-bond donors (Lipinski definition) is 1. The molecule has 0 amide bonds. The van der Waals surface area contributed by atoms with Gasteiger partial charge in [-0.15, -0.1) is 0 Å². The molecular weight excluding hydrogens is 366 g/mol. The molecule has 4 rings (SSSR count). The lowest BCUT2D eigenvalue weighted by molar-refractivity contribution is 0.354. The van der Waals surface area contributed by atoms with Crippen molar-refractivity contribution in [2.75, 3.05) is 19.5 Å². The Labute approximate surface area is 168 Å². The highest BCUT2D eigenvalue weighted by Crippen LogP contribution is 2.28. The molecule has 0 aliphatic carbocycles. The molecule has 0 atom stereocenters. The van der Waals surface area contributed by atoms with Crippen LogP contribution in [0.2, 0.25) is 0 Å². The Morgan fingerprint density at radius 3 is 2.41 bits per heavy atom. The van der Waals surface area contributed by atoms with Gasteiger partial charge in [-0.05, 0) is 35.9 Å². The Morgan fingerprint density at radius 2 is 1.66 bits per heavy atom. The zero-order valence-corrected chi connectivity index (χ0v) is 16.3. The molecule has 0 saturated heterocycles. The summed E-state index contributed by atoms with van der Waals surface area (Å²) in [7, 11) is 3.22. The smallest absolute Gasteiger partial charge is 0.193 e. The Balaban J connectivity index is 1.58. The van der Waals surface area contributed by atoms with Gasteiger partial charge in [0.1, 0.15) is 11.3 Å². The van der Waals surface area contributed by atoms with E-state index < -0.39 is 0 Å². The summed E-state index contributed by atoms with van der Waals surface area (Å²) in [6, 6.07) is 22.4. The molecule has 0 unspecified atom stereocenters. The summed E-state index contributed by atoms with van der Waals surface area (Å²) in [5.74, 6) is 1.93. The van der Waals surface area contributed by atoms with E-state index in [0.29, 0.717) is 34.8 Å². The maximum Gasteiger partial charge on any atom is 0.193 e. The SMILES string of the molecule is COc1ccc(CNc2ccc3oc(-c4ccccc4)cc(=O)c3c2)cc1OC. The summed E-state index contributed by atoms with van der Waals surface area (Å²) in [6.45, 7) is 0.583. The molecule has 29 heavy (non-hydrogen) atoms. The molecule has 4 aromatic rings. The topological polar surface area (TPSA) is 60.7 Å². The van der Waals surface area contributed by atoms with Crippen molar-refractivity contribution >= 4 is 16.7 Å². The lowest BCUT2D eigenvalue weighted by atomic mass is 10.1. The van der Waals surface area contributed by atoms with Gasteiger partial charge in [-0.25, -0.2) is 0 Å².